The highest BCUT2D eigenvalue weighted by Gasteiger charge is 2.04. The molecule has 66 valence electrons. The summed E-state index contributed by atoms with van der Waals surface area (Å²) in [6.07, 6.45) is 9.09. The van der Waals surface area contributed by atoms with Gasteiger partial charge in [0.15, 0.2) is 0 Å². The molecule has 0 spiro atoms. The van der Waals surface area contributed by atoms with Gasteiger partial charge in [0.05, 0.1) is 5.69 Å². The van der Waals surface area contributed by atoms with E-state index in [4.69, 9.17) is 0 Å². The van der Waals surface area contributed by atoms with Crippen LogP contribution in [0.4, 0.5) is 0 Å². The molecule has 0 aliphatic carbocycles. The van der Waals surface area contributed by atoms with E-state index in [-0.39, 0.29) is 0 Å². The van der Waals surface area contributed by atoms with Crippen LogP contribution in [0, 0.1) is 0 Å². The van der Waals surface area contributed by atoms with Crippen LogP contribution in [0.15, 0.2) is 18.6 Å². The average molecular weight is 164 g/mol. The van der Waals surface area contributed by atoms with Crippen molar-refractivity contribution in [2.75, 3.05) is 0 Å². The Morgan fingerprint density at radius 3 is 2.83 bits per heavy atom. The van der Waals surface area contributed by atoms with Gasteiger partial charge in [-0.25, -0.2) is 0 Å². The summed E-state index contributed by atoms with van der Waals surface area (Å²) in [6.45, 7) is 4.42. The highest BCUT2D eigenvalue weighted by atomic mass is 14.8. The van der Waals surface area contributed by atoms with Crippen molar-refractivity contribution in [1.82, 2.24) is 9.97 Å². The molecule has 1 rings (SSSR count). The third-order valence-corrected chi connectivity index (χ3v) is 2.08. The van der Waals surface area contributed by atoms with Gasteiger partial charge in [-0.3, -0.25) is 9.97 Å². The molecule has 2 heteroatoms. The lowest BCUT2D eigenvalue weighted by molar-refractivity contribution is 0.609. The molecule has 0 aliphatic rings. The number of rotatable bonds is 4. The maximum absolute atomic E-state index is 4.27. The van der Waals surface area contributed by atoms with E-state index in [2.05, 4.69) is 23.8 Å². The van der Waals surface area contributed by atoms with Gasteiger partial charge in [-0.2, -0.15) is 0 Å². The minimum Gasteiger partial charge on any atom is -0.261 e. The maximum Gasteiger partial charge on any atom is 0.0614 e. The fourth-order valence-electron chi connectivity index (χ4n) is 1.22. The molecular weight excluding hydrogens is 148 g/mol. The second-order valence-electron chi connectivity index (χ2n) is 3.17. The van der Waals surface area contributed by atoms with E-state index in [0.29, 0.717) is 5.92 Å². The van der Waals surface area contributed by atoms with Crippen molar-refractivity contribution in [3.05, 3.63) is 24.3 Å². The van der Waals surface area contributed by atoms with Crippen LogP contribution in [0.25, 0.3) is 0 Å². The zero-order valence-electron chi connectivity index (χ0n) is 7.83. The molecule has 0 saturated heterocycles. The Balaban J connectivity index is 2.48. The fourth-order valence-corrected chi connectivity index (χ4v) is 1.22. The van der Waals surface area contributed by atoms with Crippen molar-refractivity contribution in [3.63, 3.8) is 0 Å². The lowest BCUT2D eigenvalue weighted by Gasteiger charge is -2.08. The zero-order chi connectivity index (χ0) is 8.81. The van der Waals surface area contributed by atoms with Crippen LogP contribution in [-0.2, 0) is 0 Å². The van der Waals surface area contributed by atoms with Crippen molar-refractivity contribution in [3.8, 4) is 0 Å². The van der Waals surface area contributed by atoms with Gasteiger partial charge < -0.3 is 0 Å². The summed E-state index contributed by atoms with van der Waals surface area (Å²) in [5, 5.41) is 0. The van der Waals surface area contributed by atoms with Crippen LogP contribution in [0.3, 0.4) is 0 Å². The largest absolute Gasteiger partial charge is 0.261 e. The van der Waals surface area contributed by atoms with Crippen LogP contribution in [0.2, 0.25) is 0 Å². The van der Waals surface area contributed by atoms with Crippen molar-refractivity contribution < 1.29 is 0 Å². The Morgan fingerprint density at radius 1 is 1.42 bits per heavy atom. The van der Waals surface area contributed by atoms with Crippen LogP contribution >= 0.6 is 0 Å². The van der Waals surface area contributed by atoms with Gasteiger partial charge >= 0.3 is 0 Å². The Labute approximate surface area is 74.1 Å². The third-order valence-electron chi connectivity index (χ3n) is 2.08. The SMILES string of the molecule is CCCCC(C)c1cnccn1. The molecule has 12 heavy (non-hydrogen) atoms. The minimum atomic E-state index is 0.554. The molecule has 1 heterocycles. The van der Waals surface area contributed by atoms with E-state index >= 15 is 0 Å². The number of nitrogens with zero attached hydrogens (tertiary/aromatic N) is 2. The van der Waals surface area contributed by atoms with Gasteiger partial charge in [0.2, 0.25) is 0 Å². The van der Waals surface area contributed by atoms with E-state index in [1.165, 1.54) is 19.3 Å². The summed E-state index contributed by atoms with van der Waals surface area (Å²) in [6, 6.07) is 0. The standard InChI is InChI=1S/C10H16N2/c1-3-4-5-9(2)10-8-11-6-7-12-10/h6-9H,3-5H2,1-2H3. The first-order valence-electron chi connectivity index (χ1n) is 4.60. The van der Waals surface area contributed by atoms with E-state index in [0.717, 1.165) is 5.69 Å². The molecule has 0 aliphatic heterocycles. The third kappa shape index (κ3) is 2.61. The fraction of sp³-hybridized carbons (Fsp3) is 0.600. The molecule has 0 radical (unpaired) electrons. The van der Waals surface area contributed by atoms with Crippen molar-refractivity contribution in [2.45, 2.75) is 39.0 Å². The van der Waals surface area contributed by atoms with Crippen molar-refractivity contribution in [2.24, 2.45) is 0 Å². The van der Waals surface area contributed by atoms with Crippen LogP contribution in [-0.4, -0.2) is 9.97 Å². The van der Waals surface area contributed by atoms with Gasteiger partial charge in [0.1, 0.15) is 0 Å². The molecule has 0 saturated carbocycles. The first-order valence-corrected chi connectivity index (χ1v) is 4.60. The van der Waals surface area contributed by atoms with Gasteiger partial charge in [0.25, 0.3) is 0 Å². The lowest BCUT2D eigenvalue weighted by Crippen LogP contribution is -1.96. The Hall–Kier alpha value is -0.920. The molecular formula is C10H16N2. The molecule has 2 nitrogen and oxygen atoms in total. The summed E-state index contributed by atoms with van der Waals surface area (Å²) >= 11 is 0. The predicted molar refractivity (Wildman–Crippen MR) is 50.0 cm³/mol. The van der Waals surface area contributed by atoms with Gasteiger partial charge in [0, 0.05) is 18.6 Å². The van der Waals surface area contributed by atoms with Crippen LogP contribution in [0.5, 0.6) is 0 Å². The first-order chi connectivity index (χ1) is 5.84. The summed E-state index contributed by atoms with van der Waals surface area (Å²) in [5.74, 6) is 0.554. The van der Waals surface area contributed by atoms with E-state index in [1.807, 2.05) is 6.20 Å². The Morgan fingerprint density at radius 2 is 2.25 bits per heavy atom. The quantitative estimate of drug-likeness (QED) is 0.683. The van der Waals surface area contributed by atoms with Crippen molar-refractivity contribution in [1.29, 1.82) is 0 Å². The summed E-state index contributed by atoms with van der Waals surface area (Å²) in [4.78, 5) is 8.32. The molecule has 0 fully saturated rings. The second-order valence-corrected chi connectivity index (χ2v) is 3.17. The highest BCUT2D eigenvalue weighted by Crippen LogP contribution is 2.17. The zero-order valence-corrected chi connectivity index (χ0v) is 7.83. The summed E-state index contributed by atoms with van der Waals surface area (Å²) in [5.41, 5.74) is 1.12. The van der Waals surface area contributed by atoms with Gasteiger partial charge in [-0.15, -0.1) is 0 Å². The smallest absolute Gasteiger partial charge is 0.0614 e. The Kier molecular flexibility index (Phi) is 3.71. The summed E-state index contributed by atoms with van der Waals surface area (Å²) in [7, 11) is 0. The molecule has 0 amide bonds. The number of hydrogen-bond acceptors (Lipinski definition) is 2. The van der Waals surface area contributed by atoms with Crippen LogP contribution in [0.1, 0.15) is 44.7 Å². The van der Waals surface area contributed by atoms with E-state index < -0.39 is 0 Å². The normalized spacial score (nSPS) is 12.8. The van der Waals surface area contributed by atoms with E-state index in [9.17, 15) is 0 Å². The van der Waals surface area contributed by atoms with E-state index in [1.54, 1.807) is 12.4 Å². The highest BCUT2D eigenvalue weighted by molar-refractivity contribution is 5.01. The minimum absolute atomic E-state index is 0.554. The first kappa shape index (κ1) is 9.17. The topological polar surface area (TPSA) is 25.8 Å². The predicted octanol–water partition coefficient (Wildman–Crippen LogP) is 2.77. The maximum atomic E-state index is 4.27. The second kappa shape index (κ2) is 4.86. The van der Waals surface area contributed by atoms with Gasteiger partial charge in [-0.1, -0.05) is 26.7 Å². The molecule has 0 aromatic carbocycles. The van der Waals surface area contributed by atoms with Crippen molar-refractivity contribution >= 4 is 0 Å². The molecule has 1 aromatic rings. The molecule has 0 N–H and O–H groups in total. The number of aromatic nitrogens is 2. The van der Waals surface area contributed by atoms with Gasteiger partial charge in [-0.05, 0) is 12.3 Å². The van der Waals surface area contributed by atoms with Crippen LogP contribution < -0.4 is 0 Å². The molecule has 1 aromatic heterocycles. The molecule has 1 unspecified atom stereocenters. The monoisotopic (exact) mass is 164 g/mol. The average Bonchev–Trinajstić information content (AvgIpc) is 2.15. The lowest BCUT2D eigenvalue weighted by atomic mass is 10.0. The molecule has 1 atom stereocenters. The number of unbranched alkanes of at least 4 members (excludes halogenated alkanes) is 1. The Bertz CT molecular complexity index is 208. The summed E-state index contributed by atoms with van der Waals surface area (Å²) < 4.78 is 0. The molecule has 0 bridgehead atoms. The number of hydrogen-bond donors (Lipinski definition) is 0.